The number of rotatable bonds is 6. The van der Waals surface area contributed by atoms with Gasteiger partial charge in [-0.3, -0.25) is 0 Å². The van der Waals surface area contributed by atoms with Crippen LogP contribution in [0.4, 0.5) is 0 Å². The molecular weight excluding hydrogens is 192 g/mol. The average molecular weight is 210 g/mol. The Balaban J connectivity index is 2.66. The number of aromatic hydroxyl groups is 1. The molecule has 0 aliphatic heterocycles. The highest BCUT2D eigenvalue weighted by Crippen LogP contribution is 2.29. The normalized spacial score (nSPS) is 10.3. The SMILES string of the molecule is CCOc1cccc(CNCCN)c1O. The largest absolute Gasteiger partial charge is 0.504 e. The van der Waals surface area contributed by atoms with E-state index in [-0.39, 0.29) is 5.75 Å². The Kier molecular flexibility index (Phi) is 4.93. The van der Waals surface area contributed by atoms with Gasteiger partial charge in [0.25, 0.3) is 0 Å². The molecule has 0 unspecified atom stereocenters. The van der Waals surface area contributed by atoms with Crippen LogP contribution in [0.25, 0.3) is 0 Å². The lowest BCUT2D eigenvalue weighted by Crippen LogP contribution is -2.21. The Bertz CT molecular complexity index is 303. The molecule has 1 rings (SSSR count). The van der Waals surface area contributed by atoms with Crippen molar-refractivity contribution in [1.82, 2.24) is 5.32 Å². The van der Waals surface area contributed by atoms with Crippen molar-refractivity contribution in [3.63, 3.8) is 0 Å². The van der Waals surface area contributed by atoms with Gasteiger partial charge in [-0.05, 0) is 13.0 Å². The third-order valence-corrected chi connectivity index (χ3v) is 2.02. The van der Waals surface area contributed by atoms with Gasteiger partial charge in [0.2, 0.25) is 0 Å². The van der Waals surface area contributed by atoms with E-state index in [4.69, 9.17) is 10.5 Å². The fourth-order valence-corrected chi connectivity index (χ4v) is 1.31. The molecule has 0 amide bonds. The summed E-state index contributed by atoms with van der Waals surface area (Å²) < 4.78 is 5.28. The molecule has 0 aromatic heterocycles. The Hall–Kier alpha value is -1.26. The molecule has 15 heavy (non-hydrogen) atoms. The van der Waals surface area contributed by atoms with Crippen LogP contribution < -0.4 is 15.8 Å². The van der Waals surface area contributed by atoms with Crippen LogP contribution >= 0.6 is 0 Å². The minimum atomic E-state index is 0.212. The van der Waals surface area contributed by atoms with Crippen LogP contribution in [-0.4, -0.2) is 24.8 Å². The van der Waals surface area contributed by atoms with Gasteiger partial charge < -0.3 is 20.9 Å². The summed E-state index contributed by atoms with van der Waals surface area (Å²) in [5.74, 6) is 0.744. The summed E-state index contributed by atoms with van der Waals surface area (Å²) in [7, 11) is 0. The fourth-order valence-electron chi connectivity index (χ4n) is 1.31. The summed E-state index contributed by atoms with van der Waals surface area (Å²) in [6, 6.07) is 5.48. The van der Waals surface area contributed by atoms with E-state index in [9.17, 15) is 5.11 Å². The lowest BCUT2D eigenvalue weighted by Gasteiger charge is -2.10. The zero-order valence-corrected chi connectivity index (χ0v) is 8.99. The fraction of sp³-hybridized carbons (Fsp3) is 0.455. The molecule has 0 bridgehead atoms. The van der Waals surface area contributed by atoms with Gasteiger partial charge in [-0.15, -0.1) is 0 Å². The second-order valence-electron chi connectivity index (χ2n) is 3.16. The van der Waals surface area contributed by atoms with Gasteiger partial charge in [0.15, 0.2) is 11.5 Å². The van der Waals surface area contributed by atoms with Gasteiger partial charge in [0.1, 0.15) is 0 Å². The number of benzene rings is 1. The van der Waals surface area contributed by atoms with Gasteiger partial charge in [-0.2, -0.15) is 0 Å². The maximum Gasteiger partial charge on any atom is 0.162 e. The van der Waals surface area contributed by atoms with Gasteiger partial charge in [0, 0.05) is 25.2 Å². The van der Waals surface area contributed by atoms with Crippen LogP contribution in [0.5, 0.6) is 11.5 Å². The smallest absolute Gasteiger partial charge is 0.162 e. The predicted molar refractivity (Wildman–Crippen MR) is 60.0 cm³/mol. The number of nitrogens with one attached hydrogen (secondary N) is 1. The van der Waals surface area contributed by atoms with Crippen molar-refractivity contribution in [1.29, 1.82) is 0 Å². The van der Waals surface area contributed by atoms with Crippen LogP contribution in [0.2, 0.25) is 0 Å². The van der Waals surface area contributed by atoms with Crippen LogP contribution in [0.15, 0.2) is 18.2 Å². The van der Waals surface area contributed by atoms with E-state index in [1.807, 2.05) is 19.1 Å². The molecule has 4 N–H and O–H groups in total. The highest BCUT2D eigenvalue weighted by atomic mass is 16.5. The molecule has 0 aliphatic rings. The number of para-hydroxylation sites is 1. The van der Waals surface area contributed by atoms with Crippen molar-refractivity contribution in [2.24, 2.45) is 5.73 Å². The van der Waals surface area contributed by atoms with E-state index >= 15 is 0 Å². The van der Waals surface area contributed by atoms with Gasteiger partial charge >= 0.3 is 0 Å². The first kappa shape index (κ1) is 11.8. The molecule has 0 aliphatic carbocycles. The van der Waals surface area contributed by atoms with E-state index in [1.165, 1.54) is 0 Å². The topological polar surface area (TPSA) is 67.5 Å². The number of nitrogens with two attached hydrogens (primary N) is 1. The molecule has 0 atom stereocenters. The minimum absolute atomic E-state index is 0.212. The summed E-state index contributed by atoms with van der Waals surface area (Å²) in [5.41, 5.74) is 6.19. The number of phenols is 1. The summed E-state index contributed by atoms with van der Waals surface area (Å²) in [5, 5.41) is 12.9. The molecule has 0 fully saturated rings. The van der Waals surface area contributed by atoms with Crippen LogP contribution in [0, 0.1) is 0 Å². The van der Waals surface area contributed by atoms with Crippen molar-refractivity contribution in [3.8, 4) is 11.5 Å². The Morgan fingerprint density at radius 1 is 1.47 bits per heavy atom. The second-order valence-corrected chi connectivity index (χ2v) is 3.16. The van der Waals surface area contributed by atoms with Gasteiger partial charge in [-0.1, -0.05) is 12.1 Å². The molecule has 4 heteroatoms. The van der Waals surface area contributed by atoms with Crippen molar-refractivity contribution in [3.05, 3.63) is 23.8 Å². The predicted octanol–water partition coefficient (Wildman–Crippen LogP) is 0.839. The Morgan fingerprint density at radius 3 is 2.93 bits per heavy atom. The Labute approximate surface area is 90.1 Å². The third-order valence-electron chi connectivity index (χ3n) is 2.02. The molecule has 0 radical (unpaired) electrons. The zero-order chi connectivity index (χ0) is 11.1. The number of phenolic OH excluding ortho intramolecular Hbond substituents is 1. The van der Waals surface area contributed by atoms with E-state index in [0.717, 1.165) is 12.1 Å². The number of ether oxygens (including phenoxy) is 1. The average Bonchev–Trinajstić information content (AvgIpc) is 2.24. The molecule has 0 spiro atoms. The van der Waals surface area contributed by atoms with Crippen molar-refractivity contribution in [2.45, 2.75) is 13.5 Å². The zero-order valence-electron chi connectivity index (χ0n) is 8.99. The molecule has 0 saturated heterocycles. The molecule has 0 heterocycles. The molecule has 1 aromatic carbocycles. The van der Waals surface area contributed by atoms with Crippen LogP contribution in [0.1, 0.15) is 12.5 Å². The summed E-state index contributed by atoms with van der Waals surface area (Å²) in [6.07, 6.45) is 0. The lowest BCUT2D eigenvalue weighted by molar-refractivity contribution is 0.316. The van der Waals surface area contributed by atoms with Crippen molar-refractivity contribution < 1.29 is 9.84 Å². The summed E-state index contributed by atoms with van der Waals surface area (Å²) in [6.45, 7) is 4.36. The maximum absolute atomic E-state index is 9.82. The van der Waals surface area contributed by atoms with Crippen LogP contribution in [-0.2, 0) is 6.54 Å². The van der Waals surface area contributed by atoms with Gasteiger partial charge in [-0.25, -0.2) is 0 Å². The molecule has 1 aromatic rings. The molecule has 4 nitrogen and oxygen atoms in total. The minimum Gasteiger partial charge on any atom is -0.504 e. The number of hydrogen-bond donors (Lipinski definition) is 3. The maximum atomic E-state index is 9.82. The first-order valence-electron chi connectivity index (χ1n) is 5.14. The third kappa shape index (κ3) is 3.42. The first-order chi connectivity index (χ1) is 7.29. The standard InChI is InChI=1S/C11H18N2O2/c1-2-15-10-5-3-4-9(11(10)14)8-13-7-6-12/h3-5,13-14H,2,6-8,12H2,1H3. The summed E-state index contributed by atoms with van der Waals surface area (Å²) in [4.78, 5) is 0. The second kappa shape index (κ2) is 6.27. The van der Waals surface area contributed by atoms with Crippen molar-refractivity contribution in [2.75, 3.05) is 19.7 Å². The van der Waals surface area contributed by atoms with E-state index < -0.39 is 0 Å². The quantitative estimate of drug-likeness (QED) is 0.609. The highest BCUT2D eigenvalue weighted by Gasteiger charge is 2.06. The number of hydrogen-bond acceptors (Lipinski definition) is 4. The van der Waals surface area contributed by atoms with Gasteiger partial charge in [0.05, 0.1) is 6.61 Å². The monoisotopic (exact) mass is 210 g/mol. The van der Waals surface area contributed by atoms with Crippen molar-refractivity contribution >= 4 is 0 Å². The molecule has 0 saturated carbocycles. The lowest BCUT2D eigenvalue weighted by atomic mass is 10.2. The van der Waals surface area contributed by atoms with E-state index in [2.05, 4.69) is 5.32 Å². The molecule has 84 valence electrons. The first-order valence-corrected chi connectivity index (χ1v) is 5.14. The Morgan fingerprint density at radius 2 is 2.27 bits per heavy atom. The molecular formula is C11H18N2O2. The van der Waals surface area contributed by atoms with E-state index in [1.54, 1.807) is 6.07 Å². The van der Waals surface area contributed by atoms with E-state index in [0.29, 0.717) is 25.4 Å². The summed E-state index contributed by atoms with van der Waals surface area (Å²) >= 11 is 0. The van der Waals surface area contributed by atoms with Crippen LogP contribution in [0.3, 0.4) is 0 Å². The highest BCUT2D eigenvalue weighted by molar-refractivity contribution is 5.45.